The lowest BCUT2D eigenvalue weighted by Crippen LogP contribution is -2.21. The Balaban J connectivity index is 0.962. The minimum Gasteiger partial charge on any atom is -0.374 e. The van der Waals surface area contributed by atoms with Gasteiger partial charge in [0.15, 0.2) is 0 Å². The predicted octanol–water partition coefficient (Wildman–Crippen LogP) is 16.3. The van der Waals surface area contributed by atoms with E-state index in [1.807, 2.05) is 0 Å². The van der Waals surface area contributed by atoms with Gasteiger partial charge in [0.05, 0.1) is 28.5 Å². The first-order valence-electron chi connectivity index (χ1n) is 23.0. The van der Waals surface area contributed by atoms with Gasteiger partial charge in [0.25, 0.3) is 0 Å². The van der Waals surface area contributed by atoms with E-state index in [1.54, 1.807) is 0 Å². The van der Waals surface area contributed by atoms with Crippen molar-refractivity contribution >= 4 is 33.1 Å². The number of fused-ring (bicyclic) bond motifs is 3. The molecule has 3 nitrogen and oxygen atoms in total. The second-order valence-corrected chi connectivity index (χ2v) is 17.2. The van der Waals surface area contributed by atoms with Crippen molar-refractivity contribution in [2.24, 2.45) is 0 Å². The second-order valence-electron chi connectivity index (χ2n) is 17.2. The molecule has 0 bridgehead atoms. The smallest absolute Gasteiger partial charge is 0.0715 e. The number of hydrogen-bond donors (Lipinski definition) is 1. The summed E-state index contributed by atoms with van der Waals surface area (Å²) < 4.78 is 2.40. The second kappa shape index (κ2) is 17.3. The average Bonchev–Trinajstić information content (AvgIpc) is 3.75. The number of pyridine rings is 1. The fourth-order valence-corrected chi connectivity index (χ4v) is 9.64. The van der Waals surface area contributed by atoms with Crippen LogP contribution in [0.5, 0.6) is 0 Å². The van der Waals surface area contributed by atoms with E-state index in [4.69, 9.17) is 4.98 Å². The van der Waals surface area contributed by atoms with Crippen LogP contribution >= 0.6 is 0 Å². The molecule has 3 heteroatoms. The van der Waals surface area contributed by atoms with Gasteiger partial charge in [-0.15, -0.1) is 0 Å². The molecule has 0 amide bonds. The molecule has 0 saturated heterocycles. The van der Waals surface area contributed by atoms with Crippen LogP contribution in [-0.4, -0.2) is 9.55 Å². The Morgan fingerprint density at radius 3 is 1.33 bits per heavy atom. The van der Waals surface area contributed by atoms with Gasteiger partial charge in [-0.3, -0.25) is 0 Å². The number of nitrogens with zero attached hydrogens (tertiary/aromatic N) is 2. The zero-order valence-electron chi connectivity index (χ0n) is 36.8. The van der Waals surface area contributed by atoms with Gasteiger partial charge in [0.2, 0.25) is 0 Å². The number of rotatable bonds is 9. The Bertz CT molecular complexity index is 3570. The van der Waals surface area contributed by atoms with Crippen molar-refractivity contribution in [2.75, 3.05) is 0 Å². The first kappa shape index (κ1) is 39.8. The molecule has 1 N–H and O–H groups in total. The minimum absolute atomic E-state index is 0.0404. The number of nitrogens with one attached hydrogen (secondary N) is 1. The Morgan fingerprint density at radius 1 is 0.343 bits per heavy atom. The maximum absolute atomic E-state index is 5.15. The third kappa shape index (κ3) is 7.83. The molecule has 11 aromatic rings. The van der Waals surface area contributed by atoms with Crippen molar-refractivity contribution in [1.29, 1.82) is 0 Å². The molecule has 0 saturated carbocycles. The molecule has 2 aromatic heterocycles. The highest BCUT2D eigenvalue weighted by molar-refractivity contribution is 6.11. The predicted molar refractivity (Wildman–Crippen MR) is 280 cm³/mol. The molecular weight excluding hydrogens is 811 g/mol. The summed E-state index contributed by atoms with van der Waals surface area (Å²) >= 11 is 0. The normalized spacial score (nSPS) is 13.5. The van der Waals surface area contributed by atoms with Gasteiger partial charge in [-0.1, -0.05) is 188 Å². The fraction of sp³-hybridized carbons (Fsp3) is 0.0156. The summed E-state index contributed by atoms with van der Waals surface area (Å²) in [6, 6.07) is 89.3. The molecule has 0 spiro atoms. The van der Waals surface area contributed by atoms with Gasteiger partial charge in [-0.2, -0.15) is 0 Å². The molecule has 0 fully saturated rings. The number of hydrogen-bond acceptors (Lipinski definition) is 2. The largest absolute Gasteiger partial charge is 0.374 e. The lowest BCUT2D eigenvalue weighted by molar-refractivity contribution is 0.767. The number of benzene rings is 9. The Morgan fingerprint density at radius 2 is 0.776 bits per heavy atom. The van der Waals surface area contributed by atoms with Crippen molar-refractivity contribution in [3.05, 3.63) is 278 Å². The molecular formula is C64H45N3. The van der Waals surface area contributed by atoms with E-state index in [1.165, 1.54) is 60.8 Å². The maximum atomic E-state index is 5.15. The summed E-state index contributed by atoms with van der Waals surface area (Å²) in [6.07, 6.45) is 4.65. The molecule has 316 valence electrons. The van der Waals surface area contributed by atoms with Gasteiger partial charge in [0, 0.05) is 33.3 Å². The molecule has 1 atom stereocenters. The van der Waals surface area contributed by atoms with Crippen molar-refractivity contribution in [3.63, 3.8) is 0 Å². The third-order valence-electron chi connectivity index (χ3n) is 13.0. The first-order valence-corrected chi connectivity index (χ1v) is 23.0. The van der Waals surface area contributed by atoms with Crippen LogP contribution in [0.3, 0.4) is 0 Å². The van der Waals surface area contributed by atoms with Gasteiger partial charge in [0.1, 0.15) is 0 Å². The molecule has 1 unspecified atom stereocenters. The lowest BCUT2D eigenvalue weighted by atomic mass is 9.91. The van der Waals surface area contributed by atoms with E-state index >= 15 is 0 Å². The SMILES string of the molecule is C1=C(c2cccc(-c3ccc4c(c3)c3cc(-c5cccc(-c6cc(-c7ccccc7)nc(-c7ccccc7)c6)c5)ccc3n4-c3ccccc3)c2)C=C(c2ccccc2)NC1c1ccccc1. The Hall–Kier alpha value is -8.79. The van der Waals surface area contributed by atoms with Crippen molar-refractivity contribution in [1.82, 2.24) is 14.9 Å². The van der Waals surface area contributed by atoms with Gasteiger partial charge < -0.3 is 9.88 Å². The van der Waals surface area contributed by atoms with Crippen LogP contribution < -0.4 is 5.32 Å². The Labute approximate surface area is 391 Å². The summed E-state index contributed by atoms with van der Waals surface area (Å²) in [5.74, 6) is 0. The minimum atomic E-state index is 0.0404. The van der Waals surface area contributed by atoms with Crippen LogP contribution in [0, 0.1) is 0 Å². The van der Waals surface area contributed by atoms with E-state index in [-0.39, 0.29) is 6.04 Å². The van der Waals surface area contributed by atoms with Gasteiger partial charge in [-0.05, 0) is 128 Å². The summed E-state index contributed by atoms with van der Waals surface area (Å²) in [5, 5.41) is 6.23. The summed E-state index contributed by atoms with van der Waals surface area (Å²) in [7, 11) is 0. The van der Waals surface area contributed by atoms with Crippen molar-refractivity contribution < 1.29 is 0 Å². The molecule has 1 aliphatic rings. The van der Waals surface area contributed by atoms with Crippen LogP contribution in [0.4, 0.5) is 0 Å². The van der Waals surface area contributed by atoms with Crippen LogP contribution in [0.2, 0.25) is 0 Å². The van der Waals surface area contributed by atoms with E-state index in [0.717, 1.165) is 50.6 Å². The van der Waals surface area contributed by atoms with Gasteiger partial charge >= 0.3 is 0 Å². The van der Waals surface area contributed by atoms with Crippen molar-refractivity contribution in [3.8, 4) is 61.6 Å². The zero-order valence-corrected chi connectivity index (χ0v) is 36.8. The number of dihydropyridines is 1. The average molecular weight is 856 g/mol. The summed E-state index contributed by atoms with van der Waals surface area (Å²) in [6.45, 7) is 0. The first-order chi connectivity index (χ1) is 33.2. The summed E-state index contributed by atoms with van der Waals surface area (Å²) in [5.41, 5.74) is 20.4. The monoisotopic (exact) mass is 855 g/mol. The van der Waals surface area contributed by atoms with E-state index in [9.17, 15) is 0 Å². The highest BCUT2D eigenvalue weighted by Gasteiger charge is 2.20. The standard InChI is InChI=1S/C64H45N3/c1-6-18-44(19-7-1)59-40-54(41-60(65-59)45-20-8-2-9-21-45)50-28-16-26-48(36-50)52-32-34-63-57(38-52)58-39-53(33-35-64(58)67(63)56-30-14-5-15-31-56)49-27-17-29-51(37-49)55-42-61(46-22-10-3-11-23-46)66-62(43-55)47-24-12-4-13-25-47/h1-43,59,65H. The van der Waals surface area contributed by atoms with E-state index in [2.05, 4.69) is 271 Å². The van der Waals surface area contributed by atoms with Gasteiger partial charge in [-0.25, -0.2) is 4.98 Å². The fourth-order valence-electron chi connectivity index (χ4n) is 9.64. The number of aromatic nitrogens is 2. The number of allylic oxidation sites excluding steroid dienone is 2. The zero-order chi connectivity index (χ0) is 44.5. The molecule has 0 aliphatic carbocycles. The molecule has 3 heterocycles. The molecule has 9 aromatic carbocycles. The highest BCUT2D eigenvalue weighted by atomic mass is 15.0. The quantitative estimate of drug-likeness (QED) is 0.157. The van der Waals surface area contributed by atoms with Crippen molar-refractivity contribution in [2.45, 2.75) is 6.04 Å². The topological polar surface area (TPSA) is 29.9 Å². The molecule has 67 heavy (non-hydrogen) atoms. The van der Waals surface area contributed by atoms with Crippen LogP contribution in [0.1, 0.15) is 22.7 Å². The lowest BCUT2D eigenvalue weighted by Gasteiger charge is -2.26. The number of para-hydroxylation sites is 1. The molecule has 0 radical (unpaired) electrons. The van der Waals surface area contributed by atoms with Crippen LogP contribution in [0.15, 0.2) is 261 Å². The van der Waals surface area contributed by atoms with E-state index < -0.39 is 0 Å². The third-order valence-corrected chi connectivity index (χ3v) is 13.0. The molecule has 1 aliphatic heterocycles. The highest BCUT2D eigenvalue weighted by Crippen LogP contribution is 2.40. The Kier molecular flexibility index (Phi) is 10.3. The summed E-state index contributed by atoms with van der Waals surface area (Å²) in [4.78, 5) is 5.15. The molecule has 12 rings (SSSR count). The van der Waals surface area contributed by atoms with Crippen LogP contribution in [-0.2, 0) is 0 Å². The van der Waals surface area contributed by atoms with Crippen LogP contribution in [0.25, 0.3) is 94.7 Å². The van der Waals surface area contributed by atoms with E-state index in [0.29, 0.717) is 0 Å². The maximum Gasteiger partial charge on any atom is 0.0715 e.